The van der Waals surface area contributed by atoms with Gasteiger partial charge in [0.15, 0.2) is 5.78 Å². The number of rotatable bonds is 3. The molecule has 0 aliphatic rings. The van der Waals surface area contributed by atoms with Crippen LogP contribution in [0.1, 0.15) is 26.3 Å². The molecule has 0 radical (unpaired) electrons. The minimum Gasteiger partial charge on any atom is -0.478 e. The van der Waals surface area contributed by atoms with E-state index in [1.807, 2.05) is 0 Å². The van der Waals surface area contributed by atoms with Gasteiger partial charge in [-0.25, -0.2) is 9.18 Å². The third-order valence-corrected chi connectivity index (χ3v) is 3.33. The smallest absolute Gasteiger partial charge is 0.336 e. The molecule has 0 spiro atoms. The molecular weight excluding hydrogens is 351 g/mol. The summed E-state index contributed by atoms with van der Waals surface area (Å²) < 4.78 is 14.2. The Bertz CT molecular complexity index is 698. The molecule has 0 aromatic heterocycles. The van der Waals surface area contributed by atoms with Gasteiger partial charge in [-0.1, -0.05) is 27.5 Å². The first kappa shape index (κ1) is 14.7. The van der Waals surface area contributed by atoms with E-state index in [9.17, 15) is 14.0 Å². The van der Waals surface area contributed by atoms with Gasteiger partial charge < -0.3 is 5.11 Å². The summed E-state index contributed by atoms with van der Waals surface area (Å²) in [5.41, 5.74) is -0.696. The second-order valence-corrected chi connectivity index (χ2v) is 5.30. The molecule has 0 heterocycles. The van der Waals surface area contributed by atoms with Crippen molar-refractivity contribution < 1.29 is 19.1 Å². The Labute approximate surface area is 127 Å². The Balaban J connectivity index is 2.59. The molecule has 2 aromatic rings. The van der Waals surface area contributed by atoms with Gasteiger partial charge in [0, 0.05) is 15.1 Å². The summed E-state index contributed by atoms with van der Waals surface area (Å²) in [6.07, 6.45) is 0. The van der Waals surface area contributed by atoms with E-state index < -0.39 is 28.7 Å². The fourth-order valence-corrected chi connectivity index (χ4v) is 2.27. The molecule has 0 saturated carbocycles. The van der Waals surface area contributed by atoms with E-state index in [4.69, 9.17) is 16.7 Å². The van der Waals surface area contributed by atoms with Crippen molar-refractivity contribution in [3.8, 4) is 0 Å². The van der Waals surface area contributed by atoms with Crippen molar-refractivity contribution in [3.05, 3.63) is 68.4 Å². The third-order valence-electron chi connectivity index (χ3n) is 2.62. The Morgan fingerprint density at radius 2 is 1.75 bits per heavy atom. The van der Waals surface area contributed by atoms with Crippen LogP contribution in [-0.2, 0) is 0 Å². The van der Waals surface area contributed by atoms with Crippen molar-refractivity contribution in [2.75, 3.05) is 0 Å². The second kappa shape index (κ2) is 5.73. The van der Waals surface area contributed by atoms with E-state index in [1.54, 1.807) is 0 Å². The first-order chi connectivity index (χ1) is 9.40. The van der Waals surface area contributed by atoms with E-state index in [2.05, 4.69) is 15.9 Å². The molecule has 20 heavy (non-hydrogen) atoms. The van der Waals surface area contributed by atoms with Crippen LogP contribution in [-0.4, -0.2) is 16.9 Å². The number of aromatic carboxylic acids is 1. The van der Waals surface area contributed by atoms with E-state index in [0.29, 0.717) is 5.02 Å². The number of ketones is 1. The van der Waals surface area contributed by atoms with Gasteiger partial charge in [-0.3, -0.25) is 4.79 Å². The van der Waals surface area contributed by atoms with Crippen molar-refractivity contribution in [1.29, 1.82) is 0 Å². The summed E-state index contributed by atoms with van der Waals surface area (Å²) in [6.45, 7) is 0. The first-order valence-corrected chi connectivity index (χ1v) is 6.60. The fourth-order valence-electron chi connectivity index (χ4n) is 1.72. The van der Waals surface area contributed by atoms with E-state index >= 15 is 0 Å². The summed E-state index contributed by atoms with van der Waals surface area (Å²) in [4.78, 5) is 23.4. The van der Waals surface area contributed by atoms with Crippen LogP contribution < -0.4 is 0 Å². The lowest BCUT2D eigenvalue weighted by Gasteiger charge is -2.08. The van der Waals surface area contributed by atoms with Gasteiger partial charge in [0.1, 0.15) is 5.82 Å². The highest BCUT2D eigenvalue weighted by atomic mass is 79.9. The zero-order chi connectivity index (χ0) is 14.9. The number of carboxylic acid groups (broad SMARTS) is 1. The second-order valence-electron chi connectivity index (χ2n) is 3.95. The van der Waals surface area contributed by atoms with Crippen LogP contribution in [0.3, 0.4) is 0 Å². The molecule has 2 rings (SSSR count). The number of carbonyl (C=O) groups is 2. The van der Waals surface area contributed by atoms with Crippen LogP contribution in [0.4, 0.5) is 4.39 Å². The average molecular weight is 358 g/mol. The van der Waals surface area contributed by atoms with Crippen molar-refractivity contribution in [2.24, 2.45) is 0 Å². The van der Waals surface area contributed by atoms with Gasteiger partial charge in [0.25, 0.3) is 0 Å². The maximum Gasteiger partial charge on any atom is 0.336 e. The zero-order valence-electron chi connectivity index (χ0n) is 9.86. The quantitative estimate of drug-likeness (QED) is 0.839. The molecule has 0 amide bonds. The zero-order valence-corrected chi connectivity index (χ0v) is 12.2. The van der Waals surface area contributed by atoms with Gasteiger partial charge in [-0.15, -0.1) is 0 Å². The molecule has 3 nitrogen and oxygen atoms in total. The molecular formula is C14H7BrClFO3. The van der Waals surface area contributed by atoms with Gasteiger partial charge in [-0.2, -0.15) is 0 Å². The summed E-state index contributed by atoms with van der Waals surface area (Å²) >= 11 is 8.71. The highest BCUT2D eigenvalue weighted by Gasteiger charge is 2.23. The van der Waals surface area contributed by atoms with Crippen LogP contribution >= 0.6 is 27.5 Å². The maximum absolute atomic E-state index is 13.9. The van der Waals surface area contributed by atoms with E-state index in [0.717, 1.165) is 6.07 Å². The van der Waals surface area contributed by atoms with Crippen LogP contribution in [0, 0.1) is 5.82 Å². The SMILES string of the molecule is O=C(O)c1cc(Br)cc(F)c1C(=O)c1ccc(Cl)cc1. The van der Waals surface area contributed by atoms with Gasteiger partial charge in [0.05, 0.1) is 11.1 Å². The van der Waals surface area contributed by atoms with Crippen molar-refractivity contribution in [3.63, 3.8) is 0 Å². The summed E-state index contributed by atoms with van der Waals surface area (Å²) in [6, 6.07) is 8.03. The van der Waals surface area contributed by atoms with Crippen LogP contribution in [0.25, 0.3) is 0 Å². The standard InChI is InChI=1S/C14H7BrClFO3/c15-8-5-10(14(19)20)12(11(17)6-8)13(18)7-1-3-9(16)4-2-7/h1-6H,(H,19,20). The number of hydrogen-bond donors (Lipinski definition) is 1. The Hall–Kier alpha value is -1.72. The van der Waals surface area contributed by atoms with E-state index in [-0.39, 0.29) is 10.0 Å². The molecule has 0 bridgehead atoms. The summed E-state index contributed by atoms with van der Waals surface area (Å²) in [5, 5.41) is 9.52. The number of benzene rings is 2. The molecule has 0 fully saturated rings. The maximum atomic E-state index is 13.9. The first-order valence-electron chi connectivity index (χ1n) is 5.42. The number of halogens is 3. The highest BCUT2D eigenvalue weighted by Crippen LogP contribution is 2.24. The molecule has 6 heteroatoms. The predicted molar refractivity (Wildman–Crippen MR) is 75.9 cm³/mol. The average Bonchev–Trinajstić information content (AvgIpc) is 2.37. The monoisotopic (exact) mass is 356 g/mol. The molecule has 2 aromatic carbocycles. The van der Waals surface area contributed by atoms with Crippen LogP contribution in [0.15, 0.2) is 40.9 Å². The van der Waals surface area contributed by atoms with E-state index in [1.165, 1.54) is 30.3 Å². The number of carboxylic acids is 1. The Morgan fingerprint density at radius 1 is 1.15 bits per heavy atom. The Kier molecular flexibility index (Phi) is 4.20. The summed E-state index contributed by atoms with van der Waals surface area (Å²) in [5.74, 6) is -2.97. The fraction of sp³-hybridized carbons (Fsp3) is 0. The largest absolute Gasteiger partial charge is 0.478 e. The highest BCUT2D eigenvalue weighted by molar-refractivity contribution is 9.10. The summed E-state index contributed by atoms with van der Waals surface area (Å²) in [7, 11) is 0. The van der Waals surface area contributed by atoms with Crippen LogP contribution in [0.5, 0.6) is 0 Å². The lowest BCUT2D eigenvalue weighted by Crippen LogP contribution is -2.12. The minimum atomic E-state index is -1.37. The minimum absolute atomic E-state index is 0.165. The molecule has 0 unspecified atom stereocenters. The van der Waals surface area contributed by atoms with Crippen molar-refractivity contribution >= 4 is 39.3 Å². The molecule has 1 N–H and O–H groups in total. The topological polar surface area (TPSA) is 54.4 Å². The predicted octanol–water partition coefficient (Wildman–Crippen LogP) is 4.17. The molecule has 102 valence electrons. The normalized spacial score (nSPS) is 10.3. The Morgan fingerprint density at radius 3 is 2.30 bits per heavy atom. The van der Waals surface area contributed by atoms with Crippen molar-refractivity contribution in [1.82, 2.24) is 0 Å². The van der Waals surface area contributed by atoms with Crippen molar-refractivity contribution in [2.45, 2.75) is 0 Å². The number of hydrogen-bond acceptors (Lipinski definition) is 2. The van der Waals surface area contributed by atoms with Gasteiger partial charge >= 0.3 is 5.97 Å². The lowest BCUT2D eigenvalue weighted by atomic mass is 9.98. The molecule has 0 aliphatic heterocycles. The van der Waals surface area contributed by atoms with Crippen LogP contribution in [0.2, 0.25) is 5.02 Å². The molecule has 0 atom stereocenters. The van der Waals surface area contributed by atoms with Gasteiger partial charge in [-0.05, 0) is 36.4 Å². The lowest BCUT2D eigenvalue weighted by molar-refractivity contribution is 0.0692. The van der Waals surface area contributed by atoms with Gasteiger partial charge in [0.2, 0.25) is 0 Å². The number of carbonyl (C=O) groups excluding carboxylic acids is 1. The molecule has 0 saturated heterocycles. The molecule has 0 aliphatic carbocycles. The third kappa shape index (κ3) is 2.89.